The number of hydrogen-bond acceptors (Lipinski definition) is 3. The van der Waals surface area contributed by atoms with Gasteiger partial charge in [0, 0.05) is 17.9 Å². The Labute approximate surface area is 90.8 Å². The highest BCUT2D eigenvalue weighted by Crippen LogP contribution is 2.18. The van der Waals surface area contributed by atoms with E-state index in [0.29, 0.717) is 18.1 Å². The van der Waals surface area contributed by atoms with Crippen LogP contribution in [0.3, 0.4) is 0 Å². The average molecular weight is 216 g/mol. The van der Waals surface area contributed by atoms with E-state index in [4.69, 9.17) is 4.74 Å². The number of ether oxygens (including phenoxy) is 1. The van der Waals surface area contributed by atoms with Crippen LogP contribution in [0.1, 0.15) is 33.1 Å². The van der Waals surface area contributed by atoms with Gasteiger partial charge in [0.1, 0.15) is 6.10 Å². The first-order chi connectivity index (χ1) is 6.74. The number of thioether (sulfide) groups is 1. The molecule has 3 heteroatoms. The highest BCUT2D eigenvalue weighted by atomic mass is 32.2. The van der Waals surface area contributed by atoms with E-state index in [1.54, 1.807) is 0 Å². The molecule has 0 aromatic rings. The van der Waals surface area contributed by atoms with E-state index in [9.17, 15) is 4.79 Å². The van der Waals surface area contributed by atoms with Crippen LogP contribution in [-0.4, -0.2) is 30.0 Å². The minimum absolute atomic E-state index is 0.118. The Morgan fingerprint density at radius 2 is 2.43 bits per heavy atom. The summed E-state index contributed by atoms with van der Waals surface area (Å²) in [6.45, 7) is 5.05. The van der Waals surface area contributed by atoms with Gasteiger partial charge in [-0.2, -0.15) is 11.8 Å². The van der Waals surface area contributed by atoms with E-state index < -0.39 is 0 Å². The van der Waals surface area contributed by atoms with Crippen LogP contribution in [-0.2, 0) is 9.53 Å². The number of carbonyl (C=O) groups excluding carboxylic acids is 1. The fourth-order valence-corrected chi connectivity index (χ4v) is 2.62. The lowest BCUT2D eigenvalue weighted by molar-refractivity contribution is -0.130. The average Bonchev–Trinajstić information content (AvgIpc) is 2.19. The van der Waals surface area contributed by atoms with Gasteiger partial charge in [-0.05, 0) is 5.92 Å². The van der Waals surface area contributed by atoms with Gasteiger partial charge in [0.2, 0.25) is 0 Å². The van der Waals surface area contributed by atoms with Crippen LogP contribution in [0.2, 0.25) is 0 Å². The van der Waals surface area contributed by atoms with Gasteiger partial charge >= 0.3 is 0 Å². The standard InChI is InChI=1S/C11H20O2S/c1-3-4-9(2)7-10(12)11-8-14-6-5-13-11/h9,11H,3-8H2,1-2H3. The Bertz CT molecular complexity index is 176. The molecule has 0 amide bonds. The van der Waals surface area contributed by atoms with Crippen molar-refractivity contribution < 1.29 is 9.53 Å². The Morgan fingerprint density at radius 3 is 3.00 bits per heavy atom. The molecule has 14 heavy (non-hydrogen) atoms. The number of ketones is 1. The second-order valence-corrected chi connectivity index (χ2v) is 5.15. The lowest BCUT2D eigenvalue weighted by Crippen LogP contribution is -2.32. The second kappa shape index (κ2) is 6.46. The minimum atomic E-state index is -0.118. The first-order valence-electron chi connectivity index (χ1n) is 5.46. The molecule has 1 aliphatic heterocycles. The van der Waals surface area contributed by atoms with Gasteiger partial charge in [-0.25, -0.2) is 0 Å². The molecule has 2 atom stereocenters. The summed E-state index contributed by atoms with van der Waals surface area (Å²) < 4.78 is 5.45. The molecule has 1 fully saturated rings. The molecule has 0 aromatic carbocycles. The van der Waals surface area contributed by atoms with E-state index in [1.807, 2.05) is 11.8 Å². The molecule has 1 rings (SSSR count). The zero-order valence-electron chi connectivity index (χ0n) is 9.12. The maximum atomic E-state index is 11.7. The summed E-state index contributed by atoms with van der Waals surface area (Å²) in [5.74, 6) is 2.72. The van der Waals surface area contributed by atoms with Gasteiger partial charge < -0.3 is 4.74 Å². The van der Waals surface area contributed by atoms with Gasteiger partial charge in [0.25, 0.3) is 0 Å². The predicted octanol–water partition coefficient (Wildman–Crippen LogP) is 2.51. The topological polar surface area (TPSA) is 26.3 Å². The van der Waals surface area contributed by atoms with E-state index in [-0.39, 0.29) is 6.10 Å². The lowest BCUT2D eigenvalue weighted by Gasteiger charge is -2.22. The molecule has 0 radical (unpaired) electrons. The van der Waals surface area contributed by atoms with Crippen LogP contribution in [0.5, 0.6) is 0 Å². The Morgan fingerprint density at radius 1 is 1.64 bits per heavy atom. The van der Waals surface area contributed by atoms with Crippen molar-refractivity contribution >= 4 is 17.5 Å². The van der Waals surface area contributed by atoms with Crippen LogP contribution in [0.15, 0.2) is 0 Å². The molecule has 1 aliphatic rings. The maximum absolute atomic E-state index is 11.7. The van der Waals surface area contributed by atoms with Crippen molar-refractivity contribution in [2.24, 2.45) is 5.92 Å². The molecular formula is C11H20O2S. The fourth-order valence-electron chi connectivity index (χ4n) is 1.74. The Balaban J connectivity index is 2.25. The summed E-state index contributed by atoms with van der Waals surface area (Å²) in [5.41, 5.74) is 0. The van der Waals surface area contributed by atoms with Gasteiger partial charge in [-0.1, -0.05) is 26.7 Å². The Kier molecular flexibility index (Phi) is 5.56. The summed E-state index contributed by atoms with van der Waals surface area (Å²) in [6.07, 6.45) is 2.88. The van der Waals surface area contributed by atoms with Crippen molar-refractivity contribution in [2.75, 3.05) is 18.1 Å². The zero-order chi connectivity index (χ0) is 10.4. The highest BCUT2D eigenvalue weighted by Gasteiger charge is 2.23. The van der Waals surface area contributed by atoms with Crippen molar-refractivity contribution in [2.45, 2.75) is 39.2 Å². The summed E-state index contributed by atoms with van der Waals surface area (Å²) in [5, 5.41) is 0. The fraction of sp³-hybridized carbons (Fsp3) is 0.909. The van der Waals surface area contributed by atoms with E-state index in [1.165, 1.54) is 0 Å². The van der Waals surface area contributed by atoms with Gasteiger partial charge in [0.15, 0.2) is 5.78 Å². The van der Waals surface area contributed by atoms with E-state index in [2.05, 4.69) is 13.8 Å². The monoisotopic (exact) mass is 216 g/mol. The van der Waals surface area contributed by atoms with Crippen LogP contribution in [0.25, 0.3) is 0 Å². The van der Waals surface area contributed by atoms with Crippen molar-refractivity contribution in [3.8, 4) is 0 Å². The summed E-state index contributed by atoms with van der Waals surface area (Å²) >= 11 is 1.83. The van der Waals surface area contributed by atoms with E-state index in [0.717, 1.165) is 31.0 Å². The largest absolute Gasteiger partial charge is 0.369 e. The number of rotatable bonds is 5. The molecule has 1 heterocycles. The molecule has 0 bridgehead atoms. The third-order valence-electron chi connectivity index (χ3n) is 2.51. The predicted molar refractivity (Wildman–Crippen MR) is 60.8 cm³/mol. The normalized spacial score (nSPS) is 24.6. The molecule has 0 saturated carbocycles. The number of carbonyl (C=O) groups is 1. The molecule has 2 nitrogen and oxygen atoms in total. The van der Waals surface area contributed by atoms with Crippen molar-refractivity contribution in [3.63, 3.8) is 0 Å². The van der Waals surface area contributed by atoms with Crippen LogP contribution in [0.4, 0.5) is 0 Å². The van der Waals surface area contributed by atoms with Crippen molar-refractivity contribution in [1.82, 2.24) is 0 Å². The van der Waals surface area contributed by atoms with Crippen molar-refractivity contribution in [1.29, 1.82) is 0 Å². The first-order valence-corrected chi connectivity index (χ1v) is 6.61. The summed E-state index contributed by atoms with van der Waals surface area (Å²) in [7, 11) is 0. The molecular weight excluding hydrogens is 196 g/mol. The highest BCUT2D eigenvalue weighted by molar-refractivity contribution is 7.99. The molecule has 0 N–H and O–H groups in total. The van der Waals surface area contributed by atoms with E-state index >= 15 is 0 Å². The molecule has 0 aromatic heterocycles. The molecule has 1 saturated heterocycles. The zero-order valence-corrected chi connectivity index (χ0v) is 9.94. The molecule has 82 valence electrons. The SMILES string of the molecule is CCCC(C)CC(=O)C1CSCCO1. The molecule has 0 aliphatic carbocycles. The van der Waals surface area contributed by atoms with Crippen LogP contribution < -0.4 is 0 Å². The smallest absolute Gasteiger partial charge is 0.162 e. The Hall–Kier alpha value is -0.0200. The van der Waals surface area contributed by atoms with Gasteiger partial charge in [0.05, 0.1) is 6.61 Å². The first kappa shape index (κ1) is 12.1. The number of hydrogen-bond donors (Lipinski definition) is 0. The van der Waals surface area contributed by atoms with Crippen molar-refractivity contribution in [3.05, 3.63) is 0 Å². The third-order valence-corrected chi connectivity index (χ3v) is 3.50. The van der Waals surface area contributed by atoms with Crippen LogP contribution in [0, 0.1) is 5.92 Å². The molecule has 2 unspecified atom stereocenters. The third kappa shape index (κ3) is 4.01. The van der Waals surface area contributed by atoms with Gasteiger partial charge in [-0.15, -0.1) is 0 Å². The minimum Gasteiger partial charge on any atom is -0.369 e. The molecule has 0 spiro atoms. The number of Topliss-reactive ketones (excluding diaryl/α,β-unsaturated/α-hetero) is 1. The quantitative estimate of drug-likeness (QED) is 0.706. The van der Waals surface area contributed by atoms with Gasteiger partial charge in [-0.3, -0.25) is 4.79 Å². The van der Waals surface area contributed by atoms with Crippen LogP contribution >= 0.6 is 11.8 Å². The summed E-state index contributed by atoms with van der Waals surface area (Å²) in [4.78, 5) is 11.7. The maximum Gasteiger partial charge on any atom is 0.162 e. The lowest BCUT2D eigenvalue weighted by atomic mass is 9.98. The summed E-state index contributed by atoms with van der Waals surface area (Å²) in [6, 6.07) is 0. The second-order valence-electron chi connectivity index (χ2n) is 4.00.